The second kappa shape index (κ2) is 35.1. The van der Waals surface area contributed by atoms with Crippen molar-refractivity contribution in [2.45, 2.75) is 160 Å². The van der Waals surface area contributed by atoms with E-state index in [1.165, 1.54) is 34.1 Å². The van der Waals surface area contributed by atoms with Crippen molar-refractivity contribution in [2.75, 3.05) is 40.4 Å². The van der Waals surface area contributed by atoms with E-state index >= 15 is 14.4 Å². The van der Waals surface area contributed by atoms with Crippen LogP contribution in [0.5, 0.6) is 5.75 Å². The molecule has 0 aromatic heterocycles. The summed E-state index contributed by atoms with van der Waals surface area (Å²) < 4.78 is 12.3. The first kappa shape index (κ1) is 77.6. The van der Waals surface area contributed by atoms with Gasteiger partial charge in [0.25, 0.3) is 5.91 Å². The number of nitrogens with zero attached hydrogens (tertiary/aromatic N) is 2. The average molecular weight is 1430 g/mol. The van der Waals surface area contributed by atoms with Gasteiger partial charge in [0.05, 0.1) is 24.8 Å². The first-order chi connectivity index (χ1) is 49.6. The molecule has 6 aliphatic rings. The van der Waals surface area contributed by atoms with Crippen molar-refractivity contribution in [2.24, 2.45) is 11.3 Å². The Balaban J connectivity index is 1.05. The molecule has 6 heterocycles. The summed E-state index contributed by atoms with van der Waals surface area (Å²) in [7, 11) is 3.19. The molecule has 104 heavy (non-hydrogen) atoms. The molecule has 12 rings (SSSR count). The van der Waals surface area contributed by atoms with Crippen LogP contribution in [0, 0.1) is 11.3 Å². The van der Waals surface area contributed by atoms with Crippen molar-refractivity contribution in [1.82, 2.24) is 57.7 Å². The minimum absolute atomic E-state index is 0.0107. The van der Waals surface area contributed by atoms with Crippen LogP contribution in [-0.2, 0) is 78.4 Å². The molecule has 11 N–H and O–H groups in total. The summed E-state index contributed by atoms with van der Waals surface area (Å²) in [5.41, 5.74) is 1.30. The third-order valence-electron chi connectivity index (χ3n) is 19.3. The quantitative estimate of drug-likeness (QED) is 0.0650. The Morgan fingerprint density at radius 2 is 1.01 bits per heavy atom. The van der Waals surface area contributed by atoms with Gasteiger partial charge in [0.2, 0.25) is 47.3 Å². The van der Waals surface area contributed by atoms with Crippen molar-refractivity contribution in [3.63, 3.8) is 0 Å². The Hall–Kier alpha value is -10.6. The number of rotatable bonds is 15. The summed E-state index contributed by atoms with van der Waals surface area (Å²) in [6, 6.07) is 25.5. The number of carboxylic acid groups (broad SMARTS) is 2. The van der Waals surface area contributed by atoms with E-state index in [1.807, 2.05) is 72.8 Å². The maximum Gasteiger partial charge on any atom is 0.326 e. The minimum atomic E-state index is -1.59. The maximum absolute atomic E-state index is 15.2. The molecule has 6 aliphatic heterocycles. The highest BCUT2D eigenvalue weighted by Gasteiger charge is 2.48. The van der Waals surface area contributed by atoms with Gasteiger partial charge in [-0.05, 0) is 120 Å². The highest BCUT2D eigenvalue weighted by atomic mass is 16.5. The van der Waals surface area contributed by atoms with Gasteiger partial charge in [0.1, 0.15) is 60.7 Å². The lowest BCUT2D eigenvalue weighted by molar-refractivity contribution is -0.145. The fourth-order valence-corrected chi connectivity index (χ4v) is 13.0. The van der Waals surface area contributed by atoms with Crippen LogP contribution in [0.25, 0.3) is 21.5 Å². The van der Waals surface area contributed by atoms with Crippen LogP contribution in [0.2, 0.25) is 0 Å². The van der Waals surface area contributed by atoms with Crippen LogP contribution in [0.4, 0.5) is 0 Å². The van der Waals surface area contributed by atoms with Gasteiger partial charge in [-0.15, -0.1) is 0 Å². The number of carbonyl (C=O) groups excluding carboxylic acids is 9. The zero-order valence-corrected chi connectivity index (χ0v) is 60.0. The van der Waals surface area contributed by atoms with Crippen molar-refractivity contribution >= 4 is 86.6 Å². The van der Waals surface area contributed by atoms with Gasteiger partial charge in [0.15, 0.2) is 0 Å². The first-order valence-electron chi connectivity index (χ1n) is 35.1. The largest absolute Gasteiger partial charge is 0.490 e. The third-order valence-corrected chi connectivity index (χ3v) is 19.3. The number of amides is 9. The van der Waals surface area contributed by atoms with Gasteiger partial charge < -0.3 is 77.3 Å². The number of ether oxygens (including phenoxy) is 2. The maximum atomic E-state index is 15.2. The van der Waals surface area contributed by atoms with E-state index in [-0.39, 0.29) is 70.4 Å². The summed E-state index contributed by atoms with van der Waals surface area (Å²) in [6.45, 7) is 11.8. The second-order valence-electron chi connectivity index (χ2n) is 28.4. The molecule has 6 aromatic carbocycles. The standard InChI is InChI=1S/C78H95N11O15/c1-44(2)65(86-67(90)45(3)79-8)74(97)89-43-58-41-64(89)73(96)83-60(39-50-23-27-52-17-11-13-19-55(52)35-50)71(94)84-61(76(99)100)36-47-20-28-53(29-21-47)69(92)81-56-40-63(88(42-56)75(98)66(78(5,6)7)87-68(91)46(4)80-9)72(95)82-59(38-49-22-26-51-16-10-12-18-54(51)34-49)70(93)85-62(77(101)102)37-48-24-30-57(31-25-48)103-32-14-15-33-104-58/h10-31,34-35,44-46,56,58-66,79-80H,32-33,36-43H2,1-9H3,(H,81,92)(H,82,95)(H,83,96)(H,84,94)(H,85,93)(H,86,90)(H,87,91)(H,99,100)(H,101,102)/b15-14+/t45-,46-,56-,58?,59-,60-,61-,62-,63-,64?,65-,66+/m0/s1. The smallest absolute Gasteiger partial charge is 0.326 e. The van der Waals surface area contributed by atoms with E-state index in [9.17, 15) is 48.6 Å². The summed E-state index contributed by atoms with van der Waals surface area (Å²) in [5.74, 6) is -8.85. The Kier molecular flexibility index (Phi) is 26.2. The lowest BCUT2D eigenvalue weighted by Gasteiger charge is -2.36. The molecule has 2 saturated heterocycles. The van der Waals surface area contributed by atoms with Crippen LogP contribution >= 0.6 is 0 Å². The van der Waals surface area contributed by atoms with Gasteiger partial charge in [-0.25, -0.2) is 9.59 Å². The number of hydrogen-bond donors (Lipinski definition) is 11. The molecule has 0 radical (unpaired) electrons. The number of nitrogens with one attached hydrogen (secondary N) is 9. The molecule has 26 heteroatoms. The highest BCUT2D eigenvalue weighted by molar-refractivity contribution is 5.99. The van der Waals surface area contributed by atoms with Crippen LogP contribution in [0.15, 0.2) is 146 Å². The zero-order chi connectivity index (χ0) is 75.1. The molecule has 8 bridgehead atoms. The van der Waals surface area contributed by atoms with Crippen molar-refractivity contribution in [1.29, 1.82) is 0 Å². The van der Waals surface area contributed by atoms with E-state index in [2.05, 4.69) is 47.9 Å². The van der Waals surface area contributed by atoms with Crippen molar-refractivity contribution in [3.8, 4) is 5.75 Å². The molecule has 0 spiro atoms. The molecular formula is C78H95N11O15. The number of fused-ring (bicyclic) bond motifs is 2. The number of hydrogen-bond acceptors (Lipinski definition) is 15. The summed E-state index contributed by atoms with van der Waals surface area (Å²) in [4.78, 5) is 160. The minimum Gasteiger partial charge on any atom is -0.490 e. The van der Waals surface area contributed by atoms with Gasteiger partial charge in [-0.1, -0.05) is 150 Å². The highest BCUT2D eigenvalue weighted by Crippen LogP contribution is 2.29. The first-order valence-corrected chi connectivity index (χ1v) is 35.1. The van der Waals surface area contributed by atoms with Gasteiger partial charge in [-0.2, -0.15) is 0 Å². The SMILES string of the molecule is CN[C@@H](C)C(=O)N[C@H](C(=O)N1CC2CC1C(=O)N[C@@H](Cc1ccc3ccccc3c1)C(=O)N[C@H](C(=O)O)Cc1ccc(cc1)C(=O)N[C@H]1C[C@@H](C(=O)N[C@@H](Cc3ccc4ccccc4c3)C(=O)N[C@H](C(=O)O)Cc3ccc(cc3)OC/C=C/CO2)N(C(=O)[C@@H](NC(=O)[C@H](C)NC)C(C)(C)C)C1)C(C)C. The Bertz CT molecular complexity index is 4160. The predicted molar refractivity (Wildman–Crippen MR) is 390 cm³/mol. The van der Waals surface area contributed by atoms with Crippen molar-refractivity contribution in [3.05, 3.63) is 173 Å². The fraction of sp³-hybridized carbons (Fsp3) is 0.423. The molecule has 2 unspecified atom stereocenters. The van der Waals surface area contributed by atoms with E-state index in [1.54, 1.807) is 111 Å². The number of carboxylic acids is 2. The van der Waals surface area contributed by atoms with E-state index in [0.717, 1.165) is 21.5 Å². The summed E-state index contributed by atoms with van der Waals surface area (Å²) in [5, 5.41) is 50.3. The van der Waals surface area contributed by atoms with Gasteiger partial charge >= 0.3 is 11.9 Å². The zero-order valence-electron chi connectivity index (χ0n) is 60.0. The second-order valence-corrected chi connectivity index (χ2v) is 28.4. The molecule has 26 nitrogen and oxygen atoms in total. The summed E-state index contributed by atoms with van der Waals surface area (Å²) in [6.07, 6.45) is 1.75. The molecule has 9 amide bonds. The van der Waals surface area contributed by atoms with Crippen LogP contribution in [0.3, 0.4) is 0 Å². The Morgan fingerprint density at radius 3 is 1.50 bits per heavy atom. The van der Waals surface area contributed by atoms with Crippen LogP contribution in [0.1, 0.15) is 93.9 Å². The lowest BCUT2D eigenvalue weighted by atomic mass is 9.85. The molecule has 2 fully saturated rings. The number of likely N-dealkylation sites (tertiary alicyclic amines) is 2. The van der Waals surface area contributed by atoms with Crippen LogP contribution in [-0.4, -0.2) is 198 Å². The van der Waals surface area contributed by atoms with E-state index in [0.29, 0.717) is 28.0 Å². The number of benzene rings is 6. The normalized spacial score (nSPS) is 22.7. The Morgan fingerprint density at radius 1 is 0.538 bits per heavy atom. The van der Waals surface area contributed by atoms with E-state index in [4.69, 9.17) is 9.47 Å². The van der Waals surface area contributed by atoms with E-state index < -0.39 is 149 Å². The van der Waals surface area contributed by atoms with Gasteiger partial charge in [0, 0.05) is 56.8 Å². The van der Waals surface area contributed by atoms with Gasteiger partial charge in [-0.3, -0.25) is 43.2 Å². The monoisotopic (exact) mass is 1430 g/mol. The van der Waals surface area contributed by atoms with Crippen LogP contribution < -0.4 is 52.6 Å². The summed E-state index contributed by atoms with van der Waals surface area (Å²) >= 11 is 0. The number of carbonyl (C=O) groups is 11. The Labute approximate surface area is 604 Å². The molecule has 12 atom stereocenters. The molecule has 552 valence electrons. The predicted octanol–water partition coefficient (Wildman–Crippen LogP) is 3.89. The number of likely N-dealkylation sites (N-methyl/N-ethyl adjacent to an activating group) is 2. The molecular weight excluding hydrogens is 1330 g/mol. The molecule has 0 aliphatic carbocycles. The third kappa shape index (κ3) is 20.2. The topological polar surface area (TPSA) is 361 Å². The lowest BCUT2D eigenvalue weighted by Crippen LogP contribution is -2.61. The molecule has 0 saturated carbocycles. The molecule has 6 aromatic rings. The van der Waals surface area contributed by atoms with Crippen molar-refractivity contribution < 1.29 is 72.4 Å². The average Bonchev–Trinajstić information content (AvgIpc) is 1.65. The number of aliphatic carboxylic acids is 2. The fourth-order valence-electron chi connectivity index (χ4n) is 13.0.